The molecule has 1 atom stereocenters. The molecule has 0 fully saturated rings. The Morgan fingerprint density at radius 1 is 1.47 bits per heavy atom. The third-order valence-electron chi connectivity index (χ3n) is 2.52. The number of ether oxygens (including phenoxy) is 1. The molecule has 1 unspecified atom stereocenters. The van der Waals surface area contributed by atoms with Gasteiger partial charge in [-0.3, -0.25) is 0 Å². The summed E-state index contributed by atoms with van der Waals surface area (Å²) in [5.41, 5.74) is 3.20. The van der Waals surface area contributed by atoms with E-state index in [9.17, 15) is 5.11 Å². The normalized spacial score (nSPS) is 12.5. The fourth-order valence-electron chi connectivity index (χ4n) is 1.63. The number of aryl methyl sites for hydroxylation is 1. The molecule has 0 aliphatic heterocycles. The highest BCUT2D eigenvalue weighted by Crippen LogP contribution is 2.34. The van der Waals surface area contributed by atoms with E-state index in [0.717, 1.165) is 10.6 Å². The molecule has 17 heavy (non-hydrogen) atoms. The van der Waals surface area contributed by atoms with Gasteiger partial charge in [-0.05, 0) is 25.1 Å². The summed E-state index contributed by atoms with van der Waals surface area (Å²) in [6, 6.07) is 5.19. The Labute approximate surface area is 109 Å². The minimum Gasteiger partial charge on any atom is -0.496 e. The monoisotopic (exact) mass is 269 g/mol. The van der Waals surface area contributed by atoms with Crippen LogP contribution in [0.4, 0.5) is 0 Å². The van der Waals surface area contributed by atoms with Crippen molar-refractivity contribution in [3.63, 3.8) is 0 Å². The summed E-state index contributed by atoms with van der Waals surface area (Å²) >= 11 is 7.36. The van der Waals surface area contributed by atoms with Crippen molar-refractivity contribution in [2.24, 2.45) is 0 Å². The fraction of sp³-hybridized carbons (Fsp3) is 0.250. The van der Waals surface area contributed by atoms with Crippen LogP contribution in [-0.4, -0.2) is 17.2 Å². The molecule has 3 nitrogen and oxygen atoms in total. The molecule has 90 valence electrons. The number of aliphatic hydroxyl groups excluding tert-OH is 1. The van der Waals surface area contributed by atoms with E-state index in [1.165, 1.54) is 11.3 Å². The van der Waals surface area contributed by atoms with Gasteiger partial charge in [0.1, 0.15) is 11.9 Å². The first-order valence-electron chi connectivity index (χ1n) is 5.05. The molecule has 0 saturated carbocycles. The number of rotatable bonds is 3. The van der Waals surface area contributed by atoms with Gasteiger partial charge in [0.05, 0.1) is 23.2 Å². The number of aliphatic hydroxyl groups is 1. The van der Waals surface area contributed by atoms with Crippen LogP contribution in [0.25, 0.3) is 0 Å². The van der Waals surface area contributed by atoms with Crippen LogP contribution in [0.2, 0.25) is 5.02 Å². The molecule has 1 aromatic heterocycles. The number of thiazole rings is 1. The zero-order valence-electron chi connectivity index (χ0n) is 9.48. The minimum absolute atomic E-state index is 0.571. The van der Waals surface area contributed by atoms with Crippen molar-refractivity contribution in [2.45, 2.75) is 13.0 Å². The van der Waals surface area contributed by atoms with Gasteiger partial charge in [0, 0.05) is 10.6 Å². The van der Waals surface area contributed by atoms with Gasteiger partial charge in [0.15, 0.2) is 0 Å². The smallest absolute Gasteiger partial charge is 0.125 e. The molecule has 0 aliphatic carbocycles. The number of aromatic nitrogens is 1. The van der Waals surface area contributed by atoms with Gasteiger partial charge in [-0.15, -0.1) is 11.3 Å². The Hall–Kier alpha value is -1.10. The maximum absolute atomic E-state index is 10.3. The lowest BCUT2D eigenvalue weighted by Crippen LogP contribution is -2.02. The zero-order valence-corrected chi connectivity index (χ0v) is 11.0. The summed E-state index contributed by atoms with van der Waals surface area (Å²) in [5, 5.41) is 10.9. The summed E-state index contributed by atoms with van der Waals surface area (Å²) in [7, 11) is 1.57. The highest BCUT2D eigenvalue weighted by Gasteiger charge is 2.19. The van der Waals surface area contributed by atoms with Crippen LogP contribution in [0.1, 0.15) is 22.2 Å². The average molecular weight is 270 g/mol. The molecule has 0 spiro atoms. The van der Waals surface area contributed by atoms with Gasteiger partial charge < -0.3 is 9.84 Å². The summed E-state index contributed by atoms with van der Waals surface area (Å²) < 4.78 is 5.22. The minimum atomic E-state index is -0.754. The van der Waals surface area contributed by atoms with Crippen LogP contribution in [0.5, 0.6) is 5.75 Å². The largest absolute Gasteiger partial charge is 0.496 e. The Balaban J connectivity index is 2.46. The third kappa shape index (κ3) is 2.44. The van der Waals surface area contributed by atoms with Crippen LogP contribution in [0.3, 0.4) is 0 Å². The topological polar surface area (TPSA) is 42.4 Å². The number of methoxy groups -OCH3 is 1. The molecular weight excluding hydrogens is 258 g/mol. The number of benzene rings is 1. The van der Waals surface area contributed by atoms with E-state index >= 15 is 0 Å². The third-order valence-corrected chi connectivity index (χ3v) is 3.74. The lowest BCUT2D eigenvalue weighted by atomic mass is 10.1. The highest BCUT2D eigenvalue weighted by atomic mass is 35.5. The molecular formula is C12H12ClNO2S. The Morgan fingerprint density at radius 3 is 2.82 bits per heavy atom. The van der Waals surface area contributed by atoms with Crippen molar-refractivity contribution >= 4 is 22.9 Å². The molecule has 2 rings (SSSR count). The molecule has 2 aromatic rings. The quantitative estimate of drug-likeness (QED) is 0.930. The predicted octanol–water partition coefficient (Wildman–Crippen LogP) is 3.20. The van der Waals surface area contributed by atoms with Gasteiger partial charge in [-0.2, -0.15) is 0 Å². The van der Waals surface area contributed by atoms with Crippen molar-refractivity contribution in [2.75, 3.05) is 7.11 Å². The molecule has 1 heterocycles. The Kier molecular flexibility index (Phi) is 3.66. The van der Waals surface area contributed by atoms with Crippen molar-refractivity contribution in [3.05, 3.63) is 44.9 Å². The number of hydrogen-bond acceptors (Lipinski definition) is 4. The van der Waals surface area contributed by atoms with E-state index in [1.54, 1.807) is 30.8 Å². The molecule has 0 amide bonds. The molecule has 0 bridgehead atoms. The van der Waals surface area contributed by atoms with Crippen LogP contribution < -0.4 is 4.74 Å². The number of halogens is 1. The van der Waals surface area contributed by atoms with Crippen molar-refractivity contribution < 1.29 is 9.84 Å². The van der Waals surface area contributed by atoms with E-state index in [0.29, 0.717) is 16.3 Å². The second-order valence-corrected chi connectivity index (χ2v) is 4.91. The molecule has 0 radical (unpaired) electrons. The SMILES string of the molecule is COc1ccc(Cl)cc1C(O)c1scnc1C. The van der Waals surface area contributed by atoms with Gasteiger partial charge in [0.25, 0.3) is 0 Å². The van der Waals surface area contributed by atoms with Gasteiger partial charge >= 0.3 is 0 Å². The second-order valence-electron chi connectivity index (χ2n) is 3.59. The van der Waals surface area contributed by atoms with Gasteiger partial charge in [-0.1, -0.05) is 11.6 Å². The first kappa shape index (κ1) is 12.4. The van der Waals surface area contributed by atoms with Crippen LogP contribution in [0, 0.1) is 6.92 Å². The summed E-state index contributed by atoms with van der Waals surface area (Å²) in [5.74, 6) is 0.620. The Morgan fingerprint density at radius 2 is 2.24 bits per heavy atom. The highest BCUT2D eigenvalue weighted by molar-refractivity contribution is 7.09. The zero-order chi connectivity index (χ0) is 12.4. The average Bonchev–Trinajstić information content (AvgIpc) is 2.74. The predicted molar refractivity (Wildman–Crippen MR) is 68.9 cm³/mol. The summed E-state index contributed by atoms with van der Waals surface area (Å²) in [6.45, 7) is 1.87. The number of nitrogens with zero attached hydrogens (tertiary/aromatic N) is 1. The molecule has 0 aliphatic rings. The molecule has 1 N–H and O–H groups in total. The maximum atomic E-state index is 10.3. The fourth-order valence-corrected chi connectivity index (χ4v) is 2.62. The van der Waals surface area contributed by atoms with Crippen LogP contribution >= 0.6 is 22.9 Å². The maximum Gasteiger partial charge on any atom is 0.125 e. The standard InChI is InChI=1S/C12H12ClNO2S/c1-7-12(17-6-14-7)11(15)9-5-8(13)3-4-10(9)16-2/h3-6,11,15H,1-2H3. The molecule has 1 aromatic carbocycles. The molecule has 0 saturated heterocycles. The number of hydrogen-bond donors (Lipinski definition) is 1. The van der Waals surface area contributed by atoms with Crippen molar-refractivity contribution in [3.8, 4) is 5.75 Å². The summed E-state index contributed by atoms with van der Waals surface area (Å²) in [4.78, 5) is 4.94. The lowest BCUT2D eigenvalue weighted by molar-refractivity contribution is 0.217. The van der Waals surface area contributed by atoms with E-state index in [4.69, 9.17) is 16.3 Å². The van der Waals surface area contributed by atoms with E-state index in [2.05, 4.69) is 4.98 Å². The summed E-state index contributed by atoms with van der Waals surface area (Å²) in [6.07, 6.45) is -0.754. The first-order chi connectivity index (χ1) is 8.13. The van der Waals surface area contributed by atoms with Crippen molar-refractivity contribution in [1.29, 1.82) is 0 Å². The first-order valence-corrected chi connectivity index (χ1v) is 6.30. The van der Waals surface area contributed by atoms with E-state index < -0.39 is 6.10 Å². The van der Waals surface area contributed by atoms with Gasteiger partial charge in [0.2, 0.25) is 0 Å². The van der Waals surface area contributed by atoms with Gasteiger partial charge in [-0.25, -0.2) is 4.98 Å². The lowest BCUT2D eigenvalue weighted by Gasteiger charge is -2.14. The second kappa shape index (κ2) is 5.04. The Bertz CT molecular complexity index is 527. The van der Waals surface area contributed by atoms with Crippen molar-refractivity contribution in [1.82, 2.24) is 4.98 Å². The molecule has 5 heteroatoms. The van der Waals surface area contributed by atoms with Crippen LogP contribution in [-0.2, 0) is 0 Å². The van der Waals surface area contributed by atoms with E-state index in [-0.39, 0.29) is 0 Å². The van der Waals surface area contributed by atoms with Crippen LogP contribution in [0.15, 0.2) is 23.7 Å². The van der Waals surface area contributed by atoms with E-state index in [1.807, 2.05) is 6.92 Å².